The second kappa shape index (κ2) is 10.3. The number of sulfonamides is 1. The van der Waals surface area contributed by atoms with Crippen LogP contribution in [0.25, 0.3) is 11.3 Å². The number of nitrogens with zero attached hydrogens (tertiary/aromatic N) is 2. The maximum atomic E-state index is 12.8. The van der Waals surface area contributed by atoms with Crippen LogP contribution in [0, 0.1) is 0 Å². The standard InChI is InChI=1S/C22H21Cl2N3O4S/c1-31-12-11-27(32(2,29)30)16-7-8-17(20(24)14-16)22(28)26-15-6-9-19(23)18(13-15)21-5-3-4-10-25-21/h3-10,13-14H,11-12H2,1-2H3,(H,26,28). The van der Waals surface area contributed by atoms with Crippen LogP contribution in [-0.2, 0) is 14.8 Å². The first kappa shape index (κ1) is 24.0. The molecule has 3 aromatic rings. The van der Waals surface area contributed by atoms with Crippen LogP contribution < -0.4 is 9.62 Å². The van der Waals surface area contributed by atoms with Gasteiger partial charge in [0.25, 0.3) is 5.91 Å². The van der Waals surface area contributed by atoms with Crippen molar-refractivity contribution in [1.82, 2.24) is 4.98 Å². The molecule has 1 aromatic heterocycles. The normalized spacial score (nSPS) is 11.2. The van der Waals surface area contributed by atoms with Crippen molar-refractivity contribution in [2.45, 2.75) is 0 Å². The van der Waals surface area contributed by atoms with Crippen LogP contribution in [0.5, 0.6) is 0 Å². The third-order valence-corrected chi connectivity index (χ3v) is 6.39. The molecule has 7 nitrogen and oxygen atoms in total. The number of nitrogens with one attached hydrogen (secondary N) is 1. The molecule has 10 heteroatoms. The maximum absolute atomic E-state index is 12.8. The number of ether oxygens (including phenoxy) is 1. The zero-order chi connectivity index (χ0) is 23.3. The third-order valence-electron chi connectivity index (χ3n) is 4.55. The van der Waals surface area contributed by atoms with Gasteiger partial charge in [0.2, 0.25) is 10.0 Å². The Morgan fingerprint density at radius 2 is 1.88 bits per heavy atom. The summed E-state index contributed by atoms with van der Waals surface area (Å²) in [6.45, 7) is 0.334. The number of methoxy groups -OCH3 is 1. The van der Waals surface area contributed by atoms with E-state index in [0.29, 0.717) is 27.7 Å². The van der Waals surface area contributed by atoms with E-state index in [0.717, 1.165) is 6.26 Å². The first-order valence-electron chi connectivity index (χ1n) is 9.49. The van der Waals surface area contributed by atoms with Crippen molar-refractivity contribution < 1.29 is 17.9 Å². The van der Waals surface area contributed by atoms with Gasteiger partial charge in [0.15, 0.2) is 0 Å². The minimum Gasteiger partial charge on any atom is -0.383 e. The van der Waals surface area contributed by atoms with Crippen molar-refractivity contribution >= 4 is 50.5 Å². The molecule has 0 saturated carbocycles. The quantitative estimate of drug-likeness (QED) is 0.490. The predicted octanol–water partition coefficient (Wildman–Crippen LogP) is 4.72. The van der Waals surface area contributed by atoms with Crippen molar-refractivity contribution in [2.75, 3.05) is 36.1 Å². The molecule has 0 spiro atoms. The van der Waals surface area contributed by atoms with E-state index in [9.17, 15) is 13.2 Å². The first-order chi connectivity index (χ1) is 15.2. The molecule has 2 aromatic carbocycles. The van der Waals surface area contributed by atoms with Gasteiger partial charge in [0.05, 0.1) is 46.4 Å². The van der Waals surface area contributed by atoms with Crippen molar-refractivity contribution in [3.8, 4) is 11.3 Å². The minimum absolute atomic E-state index is 0.116. The molecule has 1 N–H and O–H groups in total. The van der Waals surface area contributed by atoms with E-state index in [1.165, 1.54) is 29.6 Å². The second-order valence-electron chi connectivity index (χ2n) is 6.86. The molecule has 0 aliphatic heterocycles. The molecule has 0 bridgehead atoms. The first-order valence-corrected chi connectivity index (χ1v) is 12.1. The average Bonchev–Trinajstić information content (AvgIpc) is 2.75. The van der Waals surface area contributed by atoms with E-state index in [1.807, 2.05) is 12.1 Å². The summed E-state index contributed by atoms with van der Waals surface area (Å²) in [7, 11) is -2.07. The number of hydrogen-bond donors (Lipinski definition) is 1. The summed E-state index contributed by atoms with van der Waals surface area (Å²) >= 11 is 12.6. The Labute approximate surface area is 197 Å². The number of carbonyl (C=O) groups excluding carboxylic acids is 1. The number of anilines is 2. The summed E-state index contributed by atoms with van der Waals surface area (Å²) in [5.74, 6) is -0.446. The van der Waals surface area contributed by atoms with E-state index in [4.69, 9.17) is 27.9 Å². The predicted molar refractivity (Wildman–Crippen MR) is 128 cm³/mol. The molecule has 0 aliphatic rings. The molecule has 0 unspecified atom stereocenters. The van der Waals surface area contributed by atoms with Gasteiger partial charge < -0.3 is 10.1 Å². The van der Waals surface area contributed by atoms with Gasteiger partial charge in [0.1, 0.15) is 0 Å². The Morgan fingerprint density at radius 3 is 2.50 bits per heavy atom. The van der Waals surface area contributed by atoms with Crippen LogP contribution in [0.4, 0.5) is 11.4 Å². The molecule has 32 heavy (non-hydrogen) atoms. The van der Waals surface area contributed by atoms with E-state index in [-0.39, 0.29) is 23.7 Å². The fourth-order valence-electron chi connectivity index (χ4n) is 3.02. The molecule has 1 heterocycles. The monoisotopic (exact) mass is 493 g/mol. The summed E-state index contributed by atoms with van der Waals surface area (Å²) in [6.07, 6.45) is 2.75. The zero-order valence-electron chi connectivity index (χ0n) is 17.4. The lowest BCUT2D eigenvalue weighted by atomic mass is 10.1. The fourth-order valence-corrected chi connectivity index (χ4v) is 4.40. The number of amides is 1. The second-order valence-corrected chi connectivity index (χ2v) is 9.58. The lowest BCUT2D eigenvalue weighted by Gasteiger charge is -2.22. The summed E-state index contributed by atoms with van der Waals surface area (Å²) in [5.41, 5.74) is 2.40. The summed E-state index contributed by atoms with van der Waals surface area (Å²) in [5, 5.41) is 3.40. The molecule has 0 radical (unpaired) electrons. The van der Waals surface area contributed by atoms with E-state index in [1.54, 1.807) is 30.5 Å². The highest BCUT2D eigenvalue weighted by molar-refractivity contribution is 7.92. The van der Waals surface area contributed by atoms with Crippen LogP contribution in [-0.4, -0.2) is 45.8 Å². The van der Waals surface area contributed by atoms with Crippen LogP contribution in [0.1, 0.15) is 10.4 Å². The molecule has 0 saturated heterocycles. The summed E-state index contributed by atoms with van der Waals surface area (Å²) in [4.78, 5) is 17.1. The Balaban J connectivity index is 1.85. The number of pyridine rings is 1. The molecular weight excluding hydrogens is 473 g/mol. The van der Waals surface area contributed by atoms with Gasteiger partial charge in [-0.25, -0.2) is 8.42 Å². The van der Waals surface area contributed by atoms with Crippen molar-refractivity contribution in [1.29, 1.82) is 0 Å². The number of carbonyl (C=O) groups is 1. The highest BCUT2D eigenvalue weighted by Gasteiger charge is 2.20. The highest BCUT2D eigenvalue weighted by atomic mass is 35.5. The third kappa shape index (κ3) is 5.77. The zero-order valence-corrected chi connectivity index (χ0v) is 19.7. The van der Waals surface area contributed by atoms with Crippen molar-refractivity contribution in [3.63, 3.8) is 0 Å². The van der Waals surface area contributed by atoms with Crippen molar-refractivity contribution in [2.24, 2.45) is 0 Å². The summed E-state index contributed by atoms with van der Waals surface area (Å²) < 4.78 is 30.4. The van der Waals surface area contributed by atoms with Crippen LogP contribution >= 0.6 is 23.2 Å². The van der Waals surface area contributed by atoms with Crippen molar-refractivity contribution in [3.05, 3.63) is 76.4 Å². The van der Waals surface area contributed by atoms with Gasteiger partial charge in [0, 0.05) is 24.6 Å². The van der Waals surface area contributed by atoms with Gasteiger partial charge >= 0.3 is 0 Å². The van der Waals surface area contributed by atoms with Gasteiger partial charge in [-0.05, 0) is 48.5 Å². The molecule has 0 atom stereocenters. The molecule has 168 valence electrons. The minimum atomic E-state index is -3.55. The SMILES string of the molecule is COCCN(c1ccc(C(=O)Nc2ccc(Cl)c(-c3ccccn3)c2)c(Cl)c1)S(C)(=O)=O. The molecule has 1 amide bonds. The number of rotatable bonds is 8. The number of hydrogen-bond acceptors (Lipinski definition) is 5. The van der Waals surface area contributed by atoms with E-state index >= 15 is 0 Å². The van der Waals surface area contributed by atoms with E-state index < -0.39 is 15.9 Å². The maximum Gasteiger partial charge on any atom is 0.257 e. The number of benzene rings is 2. The largest absolute Gasteiger partial charge is 0.383 e. The molecule has 3 rings (SSSR count). The highest BCUT2D eigenvalue weighted by Crippen LogP contribution is 2.30. The van der Waals surface area contributed by atoms with Crippen LogP contribution in [0.15, 0.2) is 60.8 Å². The molecule has 0 aliphatic carbocycles. The van der Waals surface area contributed by atoms with Gasteiger partial charge in [-0.3, -0.25) is 14.1 Å². The Bertz CT molecular complexity index is 1220. The fraction of sp³-hybridized carbons (Fsp3) is 0.182. The summed E-state index contributed by atoms with van der Waals surface area (Å²) in [6, 6.07) is 15.0. The number of aromatic nitrogens is 1. The Morgan fingerprint density at radius 1 is 1.09 bits per heavy atom. The topological polar surface area (TPSA) is 88.6 Å². The van der Waals surface area contributed by atoms with Gasteiger partial charge in [-0.15, -0.1) is 0 Å². The van der Waals surface area contributed by atoms with E-state index in [2.05, 4.69) is 10.3 Å². The molecular formula is C22H21Cl2N3O4S. The molecule has 0 fully saturated rings. The lowest BCUT2D eigenvalue weighted by molar-refractivity contribution is 0.102. The lowest BCUT2D eigenvalue weighted by Crippen LogP contribution is -2.33. The Hall–Kier alpha value is -2.65. The average molecular weight is 494 g/mol. The van der Waals surface area contributed by atoms with Crippen LogP contribution in [0.3, 0.4) is 0 Å². The van der Waals surface area contributed by atoms with Gasteiger partial charge in [-0.1, -0.05) is 29.3 Å². The van der Waals surface area contributed by atoms with Crippen LogP contribution in [0.2, 0.25) is 10.0 Å². The smallest absolute Gasteiger partial charge is 0.257 e. The van der Waals surface area contributed by atoms with Gasteiger partial charge in [-0.2, -0.15) is 0 Å². The Kier molecular flexibility index (Phi) is 7.73. The number of halogens is 2.